The maximum atomic E-state index is 2.38. The highest BCUT2D eigenvalue weighted by molar-refractivity contribution is 5.80. The highest BCUT2D eigenvalue weighted by atomic mass is 14.4. The minimum atomic E-state index is 0.487. The molecule has 0 aliphatic heterocycles. The van der Waals surface area contributed by atoms with E-state index in [9.17, 15) is 0 Å². The van der Waals surface area contributed by atoms with E-state index in [0.717, 1.165) is 6.42 Å². The van der Waals surface area contributed by atoms with Crippen molar-refractivity contribution in [1.29, 1.82) is 0 Å². The molecule has 0 heterocycles. The highest BCUT2D eigenvalue weighted by Crippen LogP contribution is 2.51. The first-order valence-electron chi connectivity index (χ1n) is 9.60. The predicted octanol–water partition coefficient (Wildman–Crippen LogP) is 7.01. The Kier molecular flexibility index (Phi) is 3.43. The van der Waals surface area contributed by atoms with Crippen molar-refractivity contribution in [2.24, 2.45) is 0 Å². The lowest BCUT2D eigenvalue weighted by molar-refractivity contribution is 0.652. The average molecular weight is 336 g/mol. The van der Waals surface area contributed by atoms with Crippen LogP contribution in [0.4, 0.5) is 0 Å². The SMILES string of the molecule is CC1=Cc2ccccc2C1CC1c2ccc(C)cc2-c2cc(C)ccc21. The zero-order valence-electron chi connectivity index (χ0n) is 15.7. The van der Waals surface area contributed by atoms with Crippen LogP contribution in [0.1, 0.15) is 58.6 Å². The van der Waals surface area contributed by atoms with E-state index < -0.39 is 0 Å². The van der Waals surface area contributed by atoms with Gasteiger partial charge in [0.25, 0.3) is 0 Å². The Bertz CT molecular complexity index is 1000. The lowest BCUT2D eigenvalue weighted by Gasteiger charge is -2.21. The van der Waals surface area contributed by atoms with Crippen LogP contribution in [0, 0.1) is 13.8 Å². The largest absolute Gasteiger partial charge is 0.0652 e. The third-order valence-corrected chi connectivity index (χ3v) is 6.23. The minimum absolute atomic E-state index is 0.487. The van der Waals surface area contributed by atoms with Crippen LogP contribution in [0.25, 0.3) is 17.2 Å². The molecule has 2 aliphatic rings. The molecule has 0 fully saturated rings. The van der Waals surface area contributed by atoms with Gasteiger partial charge < -0.3 is 0 Å². The predicted molar refractivity (Wildman–Crippen MR) is 111 cm³/mol. The molecular formula is C26H24. The van der Waals surface area contributed by atoms with Gasteiger partial charge in [0.05, 0.1) is 0 Å². The fourth-order valence-corrected chi connectivity index (χ4v) is 4.94. The standard InChI is InChI=1S/C26H24/c1-16-8-10-21-24(12-16)25-13-17(2)9-11-22(25)26(21)15-23-18(3)14-19-6-4-5-7-20(19)23/h4-14,23,26H,15H2,1-3H3. The number of benzene rings is 3. The molecule has 0 radical (unpaired) electrons. The summed E-state index contributed by atoms with van der Waals surface area (Å²) in [5.41, 5.74) is 13.0. The smallest absolute Gasteiger partial charge is 0.0111 e. The Balaban J connectivity index is 1.62. The van der Waals surface area contributed by atoms with Gasteiger partial charge in [0.1, 0.15) is 0 Å². The number of rotatable bonds is 2. The number of hydrogen-bond acceptors (Lipinski definition) is 0. The fourth-order valence-electron chi connectivity index (χ4n) is 4.94. The molecule has 0 aromatic heterocycles. The monoisotopic (exact) mass is 336 g/mol. The lowest BCUT2D eigenvalue weighted by atomic mass is 9.82. The maximum Gasteiger partial charge on any atom is 0.0111 e. The summed E-state index contributed by atoms with van der Waals surface area (Å²) < 4.78 is 0. The van der Waals surface area contributed by atoms with E-state index in [4.69, 9.17) is 0 Å². The Hall–Kier alpha value is -2.60. The van der Waals surface area contributed by atoms with Crippen LogP contribution in [-0.2, 0) is 0 Å². The second kappa shape index (κ2) is 5.71. The Morgan fingerprint density at radius 1 is 0.654 bits per heavy atom. The van der Waals surface area contributed by atoms with Crippen LogP contribution in [0.3, 0.4) is 0 Å². The molecule has 0 nitrogen and oxygen atoms in total. The van der Waals surface area contributed by atoms with Crippen LogP contribution in [0.5, 0.6) is 0 Å². The molecule has 3 aromatic rings. The molecule has 0 spiro atoms. The van der Waals surface area contributed by atoms with Gasteiger partial charge in [-0.25, -0.2) is 0 Å². The fraction of sp³-hybridized carbons (Fsp3) is 0.231. The third kappa shape index (κ3) is 2.29. The summed E-state index contributed by atoms with van der Waals surface area (Å²) in [5.74, 6) is 1.01. The summed E-state index contributed by atoms with van der Waals surface area (Å²) in [7, 11) is 0. The Morgan fingerprint density at radius 3 is 1.92 bits per heavy atom. The summed E-state index contributed by atoms with van der Waals surface area (Å²) in [6, 6.07) is 22.9. The second-order valence-electron chi connectivity index (χ2n) is 8.04. The van der Waals surface area contributed by atoms with Gasteiger partial charge in [-0.3, -0.25) is 0 Å². The van der Waals surface area contributed by atoms with Gasteiger partial charge in [-0.05, 0) is 60.6 Å². The second-order valence-corrected chi connectivity index (χ2v) is 8.04. The van der Waals surface area contributed by atoms with Crippen LogP contribution in [0.2, 0.25) is 0 Å². The first kappa shape index (κ1) is 15.6. The van der Waals surface area contributed by atoms with Crippen LogP contribution in [0.15, 0.2) is 66.2 Å². The summed E-state index contributed by atoms with van der Waals surface area (Å²) in [5, 5.41) is 0. The number of hydrogen-bond donors (Lipinski definition) is 0. The van der Waals surface area contributed by atoms with Gasteiger partial charge in [0.2, 0.25) is 0 Å². The van der Waals surface area contributed by atoms with E-state index in [1.54, 1.807) is 0 Å². The Labute approximate surface area is 156 Å². The van der Waals surface area contributed by atoms with Crippen LogP contribution >= 0.6 is 0 Å². The van der Waals surface area contributed by atoms with Crippen molar-refractivity contribution >= 4 is 6.08 Å². The highest BCUT2D eigenvalue weighted by Gasteiger charge is 2.33. The lowest BCUT2D eigenvalue weighted by Crippen LogP contribution is -2.05. The molecule has 2 aliphatic carbocycles. The molecule has 128 valence electrons. The van der Waals surface area contributed by atoms with Crippen molar-refractivity contribution in [2.75, 3.05) is 0 Å². The summed E-state index contributed by atoms with van der Waals surface area (Å²) in [6.45, 7) is 6.69. The topological polar surface area (TPSA) is 0 Å². The molecule has 0 saturated carbocycles. The molecule has 0 heteroatoms. The molecule has 0 amide bonds. The summed E-state index contributed by atoms with van der Waals surface area (Å²) in [4.78, 5) is 0. The van der Waals surface area contributed by atoms with Crippen molar-refractivity contribution in [3.8, 4) is 11.1 Å². The van der Waals surface area contributed by atoms with Gasteiger partial charge in [-0.2, -0.15) is 0 Å². The molecule has 0 saturated heterocycles. The van der Waals surface area contributed by atoms with Crippen LogP contribution < -0.4 is 0 Å². The van der Waals surface area contributed by atoms with Crippen molar-refractivity contribution in [3.05, 3.63) is 99.6 Å². The summed E-state index contributed by atoms with van der Waals surface area (Å²) in [6.07, 6.45) is 3.53. The molecule has 0 bridgehead atoms. The first-order valence-corrected chi connectivity index (χ1v) is 9.60. The van der Waals surface area contributed by atoms with Gasteiger partial charge in [-0.1, -0.05) is 83.4 Å². The molecule has 1 unspecified atom stereocenters. The van der Waals surface area contributed by atoms with E-state index in [1.165, 1.54) is 50.1 Å². The zero-order chi connectivity index (χ0) is 17.8. The van der Waals surface area contributed by atoms with E-state index >= 15 is 0 Å². The summed E-state index contributed by atoms with van der Waals surface area (Å²) >= 11 is 0. The third-order valence-electron chi connectivity index (χ3n) is 6.23. The molecular weight excluding hydrogens is 312 g/mol. The first-order chi connectivity index (χ1) is 12.6. The molecule has 26 heavy (non-hydrogen) atoms. The normalized spacial score (nSPS) is 17.7. The minimum Gasteiger partial charge on any atom is -0.0652 e. The van der Waals surface area contributed by atoms with Gasteiger partial charge in [0.15, 0.2) is 0 Å². The molecule has 1 atom stereocenters. The molecule has 3 aromatic carbocycles. The zero-order valence-corrected chi connectivity index (χ0v) is 15.7. The van der Waals surface area contributed by atoms with E-state index in [-0.39, 0.29) is 0 Å². The van der Waals surface area contributed by atoms with Crippen molar-refractivity contribution < 1.29 is 0 Å². The number of aryl methyl sites for hydroxylation is 2. The van der Waals surface area contributed by atoms with Gasteiger partial charge in [0, 0.05) is 11.8 Å². The van der Waals surface area contributed by atoms with E-state index in [0.29, 0.717) is 11.8 Å². The molecule has 5 rings (SSSR count). The van der Waals surface area contributed by atoms with Gasteiger partial charge in [-0.15, -0.1) is 0 Å². The quantitative estimate of drug-likeness (QED) is 0.472. The molecule has 0 N–H and O–H groups in total. The van der Waals surface area contributed by atoms with Crippen molar-refractivity contribution in [1.82, 2.24) is 0 Å². The van der Waals surface area contributed by atoms with Crippen molar-refractivity contribution in [2.45, 2.75) is 39.0 Å². The number of fused-ring (bicyclic) bond motifs is 4. The van der Waals surface area contributed by atoms with Gasteiger partial charge >= 0.3 is 0 Å². The maximum absolute atomic E-state index is 2.38. The van der Waals surface area contributed by atoms with Crippen molar-refractivity contribution in [3.63, 3.8) is 0 Å². The average Bonchev–Trinajstić information content (AvgIpc) is 3.10. The Morgan fingerprint density at radius 2 is 1.27 bits per heavy atom. The van der Waals surface area contributed by atoms with Crippen LogP contribution in [-0.4, -0.2) is 0 Å². The number of allylic oxidation sites excluding steroid dienone is 1. The van der Waals surface area contributed by atoms with E-state index in [1.807, 2.05) is 0 Å². The van der Waals surface area contributed by atoms with E-state index in [2.05, 4.69) is 87.5 Å².